The van der Waals surface area contributed by atoms with E-state index in [0.29, 0.717) is 12.3 Å². The van der Waals surface area contributed by atoms with Crippen molar-refractivity contribution in [1.82, 2.24) is 0 Å². The minimum atomic E-state index is -0.109. The van der Waals surface area contributed by atoms with Gasteiger partial charge in [0.05, 0.1) is 19.6 Å². The van der Waals surface area contributed by atoms with Gasteiger partial charge in [-0.15, -0.1) is 0 Å². The molecule has 122 valence electrons. The Kier molecular flexibility index (Phi) is 5.77. The second-order valence-electron chi connectivity index (χ2n) is 5.71. The second-order valence-corrected chi connectivity index (χ2v) is 5.71. The summed E-state index contributed by atoms with van der Waals surface area (Å²) in [7, 11) is 0. The van der Waals surface area contributed by atoms with Gasteiger partial charge in [0.2, 0.25) is 5.91 Å². The first kappa shape index (κ1) is 17.0. The summed E-state index contributed by atoms with van der Waals surface area (Å²) in [5.41, 5.74) is 4.89. The maximum atomic E-state index is 12.0. The summed E-state index contributed by atoms with van der Waals surface area (Å²) in [6, 6.07) is 11.3. The summed E-state index contributed by atoms with van der Waals surface area (Å²) in [6.07, 6.45) is 0.274. The van der Waals surface area contributed by atoms with Gasteiger partial charge in [-0.2, -0.15) is 0 Å². The van der Waals surface area contributed by atoms with Crippen LogP contribution in [0.25, 0.3) is 0 Å². The quantitative estimate of drug-likeness (QED) is 0.858. The normalized spacial score (nSPS) is 10.4. The largest absolute Gasteiger partial charge is 0.493 e. The van der Waals surface area contributed by atoms with Gasteiger partial charge in [-0.3, -0.25) is 4.79 Å². The average molecular weight is 313 g/mol. The molecule has 2 aromatic carbocycles. The van der Waals surface area contributed by atoms with Gasteiger partial charge in [-0.25, -0.2) is 0 Å². The molecule has 4 nitrogen and oxygen atoms in total. The highest BCUT2D eigenvalue weighted by molar-refractivity contribution is 5.90. The van der Waals surface area contributed by atoms with Crippen LogP contribution in [0.4, 0.5) is 5.69 Å². The third-order valence-corrected chi connectivity index (χ3v) is 3.74. The topological polar surface area (TPSA) is 58.6 Å². The Morgan fingerprint density at radius 3 is 2.70 bits per heavy atom. The monoisotopic (exact) mass is 313 g/mol. The third-order valence-electron chi connectivity index (χ3n) is 3.74. The van der Waals surface area contributed by atoms with Gasteiger partial charge in [0.15, 0.2) is 0 Å². The molecule has 1 amide bonds. The summed E-state index contributed by atoms with van der Waals surface area (Å²) in [4.78, 5) is 12.0. The lowest BCUT2D eigenvalue weighted by Gasteiger charge is -2.12. The van der Waals surface area contributed by atoms with E-state index in [1.54, 1.807) is 18.2 Å². The molecule has 0 saturated carbocycles. The predicted octanol–water partition coefficient (Wildman–Crippen LogP) is 3.51. The molecule has 0 spiro atoms. The molecule has 0 aliphatic carbocycles. The molecule has 0 aromatic heterocycles. The highest BCUT2D eigenvalue weighted by Crippen LogP contribution is 2.23. The number of hydrogen-bond acceptors (Lipinski definition) is 3. The molecule has 0 aliphatic heterocycles. The zero-order valence-corrected chi connectivity index (χ0v) is 13.8. The highest BCUT2D eigenvalue weighted by atomic mass is 16.5. The zero-order chi connectivity index (χ0) is 16.8. The van der Waals surface area contributed by atoms with Crippen LogP contribution in [0.2, 0.25) is 0 Å². The maximum absolute atomic E-state index is 12.0. The average Bonchev–Trinajstić information content (AvgIpc) is 2.52. The number of ether oxygens (including phenoxy) is 1. The Morgan fingerprint density at radius 1 is 1.17 bits per heavy atom. The number of amides is 1. The van der Waals surface area contributed by atoms with E-state index in [0.717, 1.165) is 22.4 Å². The van der Waals surface area contributed by atoms with E-state index in [9.17, 15) is 4.79 Å². The van der Waals surface area contributed by atoms with Crippen LogP contribution in [0.15, 0.2) is 36.4 Å². The van der Waals surface area contributed by atoms with Crippen LogP contribution in [-0.2, 0) is 11.4 Å². The summed E-state index contributed by atoms with van der Waals surface area (Å²) in [5, 5.41) is 11.9. The van der Waals surface area contributed by atoms with Crippen molar-refractivity contribution in [2.45, 2.75) is 33.8 Å². The molecular formula is C19H23NO3. The molecule has 0 atom stereocenters. The van der Waals surface area contributed by atoms with Crippen LogP contribution in [0.1, 0.15) is 28.7 Å². The molecule has 23 heavy (non-hydrogen) atoms. The van der Waals surface area contributed by atoms with Crippen molar-refractivity contribution in [3.63, 3.8) is 0 Å². The maximum Gasteiger partial charge on any atom is 0.227 e. The fourth-order valence-electron chi connectivity index (χ4n) is 2.38. The summed E-state index contributed by atoms with van der Waals surface area (Å²) in [6.45, 7) is 6.38. The smallest absolute Gasteiger partial charge is 0.227 e. The number of aliphatic hydroxyl groups excluding tert-OH is 1. The molecular weight excluding hydrogens is 290 g/mol. The Hall–Kier alpha value is -2.33. The number of carbonyl (C=O) groups is 1. The lowest BCUT2D eigenvalue weighted by molar-refractivity contribution is -0.116. The lowest BCUT2D eigenvalue weighted by atomic mass is 10.1. The first-order chi connectivity index (χ1) is 11.0. The number of aliphatic hydroxyl groups is 1. The fraction of sp³-hybridized carbons (Fsp3) is 0.316. The number of rotatable bonds is 6. The SMILES string of the molecule is Cc1cc(C)c(C)c(OCCC(=O)Nc2cccc(CO)c2)c1. The molecule has 4 heteroatoms. The summed E-state index contributed by atoms with van der Waals surface area (Å²) in [5.74, 6) is 0.722. The van der Waals surface area contributed by atoms with Crippen molar-refractivity contribution in [3.05, 3.63) is 58.7 Å². The Morgan fingerprint density at radius 2 is 1.96 bits per heavy atom. The van der Waals surface area contributed by atoms with E-state index in [1.807, 2.05) is 26.0 Å². The Bertz CT molecular complexity index is 695. The van der Waals surface area contributed by atoms with Crippen LogP contribution in [0.3, 0.4) is 0 Å². The molecule has 0 fully saturated rings. The van der Waals surface area contributed by atoms with E-state index in [-0.39, 0.29) is 18.9 Å². The predicted molar refractivity (Wildman–Crippen MR) is 91.8 cm³/mol. The number of benzene rings is 2. The molecule has 0 bridgehead atoms. The van der Waals surface area contributed by atoms with E-state index in [1.165, 1.54) is 5.56 Å². The molecule has 0 saturated heterocycles. The molecule has 2 N–H and O–H groups in total. The van der Waals surface area contributed by atoms with Crippen molar-refractivity contribution >= 4 is 11.6 Å². The van der Waals surface area contributed by atoms with E-state index < -0.39 is 0 Å². The van der Waals surface area contributed by atoms with Crippen LogP contribution in [0.5, 0.6) is 5.75 Å². The number of carbonyl (C=O) groups excluding carboxylic acids is 1. The molecule has 0 aliphatic rings. The Balaban J connectivity index is 1.87. The number of aryl methyl sites for hydroxylation is 2. The first-order valence-corrected chi connectivity index (χ1v) is 7.70. The number of hydrogen-bond donors (Lipinski definition) is 2. The van der Waals surface area contributed by atoms with Crippen LogP contribution in [-0.4, -0.2) is 17.6 Å². The highest BCUT2D eigenvalue weighted by Gasteiger charge is 2.07. The summed E-state index contributed by atoms with van der Waals surface area (Å²) < 4.78 is 5.75. The van der Waals surface area contributed by atoms with Gasteiger partial charge in [0.1, 0.15) is 5.75 Å². The van der Waals surface area contributed by atoms with E-state index >= 15 is 0 Å². The van der Waals surface area contributed by atoms with Crippen molar-refractivity contribution in [2.24, 2.45) is 0 Å². The minimum Gasteiger partial charge on any atom is -0.493 e. The first-order valence-electron chi connectivity index (χ1n) is 7.70. The molecule has 0 radical (unpaired) electrons. The zero-order valence-electron chi connectivity index (χ0n) is 13.8. The van der Waals surface area contributed by atoms with E-state index in [4.69, 9.17) is 9.84 Å². The molecule has 0 heterocycles. The second kappa shape index (κ2) is 7.79. The van der Waals surface area contributed by atoms with E-state index in [2.05, 4.69) is 18.3 Å². The lowest BCUT2D eigenvalue weighted by Crippen LogP contribution is -2.15. The fourth-order valence-corrected chi connectivity index (χ4v) is 2.38. The van der Waals surface area contributed by atoms with Crippen LogP contribution in [0, 0.1) is 20.8 Å². The number of nitrogens with one attached hydrogen (secondary N) is 1. The van der Waals surface area contributed by atoms with Gasteiger partial charge in [-0.1, -0.05) is 18.2 Å². The minimum absolute atomic E-state index is 0.0428. The van der Waals surface area contributed by atoms with Crippen LogP contribution < -0.4 is 10.1 Å². The van der Waals surface area contributed by atoms with Gasteiger partial charge in [0.25, 0.3) is 0 Å². The third kappa shape index (κ3) is 4.83. The van der Waals surface area contributed by atoms with Crippen LogP contribution >= 0.6 is 0 Å². The number of anilines is 1. The van der Waals surface area contributed by atoms with Crippen molar-refractivity contribution in [2.75, 3.05) is 11.9 Å². The van der Waals surface area contributed by atoms with Gasteiger partial charge >= 0.3 is 0 Å². The standard InChI is InChI=1S/C19H23NO3/c1-13-9-14(2)15(3)18(10-13)23-8-7-19(22)20-17-6-4-5-16(11-17)12-21/h4-6,9-11,21H,7-8,12H2,1-3H3,(H,20,22). The van der Waals surface area contributed by atoms with Crippen molar-refractivity contribution in [1.29, 1.82) is 0 Å². The molecule has 2 rings (SSSR count). The van der Waals surface area contributed by atoms with Crippen molar-refractivity contribution < 1.29 is 14.6 Å². The molecule has 0 unspecified atom stereocenters. The van der Waals surface area contributed by atoms with Crippen molar-refractivity contribution in [3.8, 4) is 5.75 Å². The van der Waals surface area contributed by atoms with Gasteiger partial charge < -0.3 is 15.2 Å². The van der Waals surface area contributed by atoms with Gasteiger partial charge in [-0.05, 0) is 61.2 Å². The Labute approximate surface area is 137 Å². The van der Waals surface area contributed by atoms with Gasteiger partial charge in [0, 0.05) is 5.69 Å². The summed E-state index contributed by atoms with van der Waals surface area (Å²) >= 11 is 0. The molecule has 2 aromatic rings.